The highest BCUT2D eigenvalue weighted by Gasteiger charge is 2.24. The lowest BCUT2D eigenvalue weighted by Gasteiger charge is -2.29. The van der Waals surface area contributed by atoms with Crippen molar-refractivity contribution in [2.45, 2.75) is 44.8 Å². The molecular weight excluding hydrogens is 260 g/mol. The maximum absolute atomic E-state index is 10.9. The molecule has 0 spiro atoms. The largest absolute Gasteiger partial charge is 0.463 e. The summed E-state index contributed by atoms with van der Waals surface area (Å²) in [7, 11) is 0. The maximum atomic E-state index is 10.9. The molecule has 1 fully saturated rings. The first kappa shape index (κ1) is 14.3. The zero-order valence-electron chi connectivity index (χ0n) is 11.4. The molecule has 108 valence electrons. The van der Waals surface area contributed by atoms with Crippen molar-refractivity contribution in [3.63, 3.8) is 0 Å². The van der Waals surface area contributed by atoms with E-state index < -0.39 is 0 Å². The Hall–Kier alpha value is -2.11. The number of hydrogen-bond donors (Lipinski definition) is 1. The van der Waals surface area contributed by atoms with Gasteiger partial charge in [-0.15, -0.1) is 0 Å². The van der Waals surface area contributed by atoms with E-state index in [1.165, 1.54) is 13.0 Å². The quantitative estimate of drug-likeness (QED) is 0.520. The van der Waals surface area contributed by atoms with E-state index in [-0.39, 0.29) is 28.7 Å². The number of nitro groups is 1. The van der Waals surface area contributed by atoms with Crippen LogP contribution in [-0.2, 0) is 9.53 Å². The van der Waals surface area contributed by atoms with E-state index in [9.17, 15) is 14.9 Å². The summed E-state index contributed by atoms with van der Waals surface area (Å²) in [5.41, 5.74) is 0.642. The van der Waals surface area contributed by atoms with Gasteiger partial charge in [0.1, 0.15) is 11.8 Å². The Kier molecular flexibility index (Phi) is 4.55. The van der Waals surface area contributed by atoms with Crippen molar-refractivity contribution in [3.8, 4) is 0 Å². The number of nitro benzene ring substituents is 1. The van der Waals surface area contributed by atoms with Crippen molar-refractivity contribution in [2.75, 3.05) is 5.32 Å². The Morgan fingerprint density at radius 1 is 1.30 bits per heavy atom. The van der Waals surface area contributed by atoms with Gasteiger partial charge < -0.3 is 10.1 Å². The fourth-order valence-corrected chi connectivity index (χ4v) is 2.53. The van der Waals surface area contributed by atoms with E-state index in [2.05, 4.69) is 5.32 Å². The minimum Gasteiger partial charge on any atom is -0.463 e. The molecule has 1 aromatic rings. The second-order valence-corrected chi connectivity index (χ2v) is 5.00. The predicted octanol–water partition coefficient (Wildman–Crippen LogP) is 2.88. The molecule has 0 amide bonds. The molecule has 0 unspecified atom stereocenters. The first-order valence-electron chi connectivity index (χ1n) is 6.73. The maximum Gasteiger partial charge on any atom is 0.302 e. The number of ether oxygens (including phenoxy) is 1. The number of carbonyl (C=O) groups excluding carboxylic acids is 1. The summed E-state index contributed by atoms with van der Waals surface area (Å²) >= 11 is 0. The Balaban J connectivity index is 1.93. The highest BCUT2D eigenvalue weighted by atomic mass is 16.6. The van der Waals surface area contributed by atoms with E-state index in [0.29, 0.717) is 5.69 Å². The number of esters is 1. The van der Waals surface area contributed by atoms with Crippen molar-refractivity contribution in [1.82, 2.24) is 0 Å². The first-order valence-corrected chi connectivity index (χ1v) is 6.73. The molecule has 0 heterocycles. The first-order chi connectivity index (χ1) is 9.56. The van der Waals surface area contributed by atoms with Crippen LogP contribution in [0.2, 0.25) is 0 Å². The zero-order chi connectivity index (χ0) is 14.5. The number of rotatable bonds is 4. The lowest BCUT2D eigenvalue weighted by atomic mass is 9.92. The molecule has 0 aliphatic heterocycles. The van der Waals surface area contributed by atoms with Gasteiger partial charge in [-0.3, -0.25) is 14.9 Å². The van der Waals surface area contributed by atoms with Crippen LogP contribution in [0, 0.1) is 10.1 Å². The van der Waals surface area contributed by atoms with Crippen LogP contribution in [0.5, 0.6) is 0 Å². The van der Waals surface area contributed by atoms with E-state index in [1.54, 1.807) is 18.2 Å². The summed E-state index contributed by atoms with van der Waals surface area (Å²) in [5, 5.41) is 14.2. The zero-order valence-corrected chi connectivity index (χ0v) is 11.4. The average Bonchev–Trinajstić information content (AvgIpc) is 2.41. The molecule has 0 radical (unpaired) electrons. The minimum atomic E-state index is -0.382. The SMILES string of the molecule is CC(=O)OC1CCC(Nc2ccccc2[N+](=O)[O-])CC1. The highest BCUT2D eigenvalue weighted by Crippen LogP contribution is 2.28. The Labute approximate surface area is 117 Å². The van der Waals surface area contributed by atoms with Gasteiger partial charge in [-0.05, 0) is 31.7 Å². The molecule has 6 nitrogen and oxygen atoms in total. The highest BCUT2D eigenvalue weighted by molar-refractivity contribution is 5.66. The summed E-state index contributed by atoms with van der Waals surface area (Å²) < 4.78 is 5.18. The summed E-state index contributed by atoms with van der Waals surface area (Å²) in [6.07, 6.45) is 3.24. The van der Waals surface area contributed by atoms with Crippen LogP contribution in [0.1, 0.15) is 32.6 Å². The number of nitrogens with zero attached hydrogens (tertiary/aromatic N) is 1. The third kappa shape index (κ3) is 3.69. The Bertz CT molecular complexity index is 496. The van der Waals surface area contributed by atoms with Gasteiger partial charge in [-0.1, -0.05) is 12.1 Å². The standard InChI is InChI=1S/C14H18N2O4/c1-10(17)20-12-8-6-11(7-9-12)15-13-4-2-3-5-14(13)16(18)19/h2-5,11-12,15H,6-9H2,1H3. The number of benzene rings is 1. The van der Waals surface area contributed by atoms with Crippen LogP contribution in [0.3, 0.4) is 0 Å². The molecule has 1 aromatic carbocycles. The summed E-state index contributed by atoms with van der Waals surface area (Å²) in [6.45, 7) is 1.41. The lowest BCUT2D eigenvalue weighted by Crippen LogP contribution is -2.30. The third-order valence-electron chi connectivity index (χ3n) is 3.47. The van der Waals surface area contributed by atoms with Crippen LogP contribution < -0.4 is 5.32 Å². The van der Waals surface area contributed by atoms with Gasteiger partial charge >= 0.3 is 5.97 Å². The molecule has 1 aliphatic rings. The van der Waals surface area contributed by atoms with Crippen molar-refractivity contribution < 1.29 is 14.5 Å². The van der Waals surface area contributed by atoms with Gasteiger partial charge in [0.2, 0.25) is 0 Å². The molecular formula is C14H18N2O4. The van der Waals surface area contributed by atoms with Gasteiger partial charge in [0.15, 0.2) is 0 Å². The van der Waals surface area contributed by atoms with Crippen LogP contribution in [-0.4, -0.2) is 23.0 Å². The fraction of sp³-hybridized carbons (Fsp3) is 0.500. The smallest absolute Gasteiger partial charge is 0.302 e. The third-order valence-corrected chi connectivity index (χ3v) is 3.47. The molecule has 1 aliphatic carbocycles. The number of nitrogens with one attached hydrogen (secondary N) is 1. The summed E-state index contributed by atoms with van der Waals surface area (Å²) in [4.78, 5) is 21.5. The molecule has 0 bridgehead atoms. The van der Waals surface area contributed by atoms with Gasteiger partial charge in [0.25, 0.3) is 5.69 Å². The van der Waals surface area contributed by atoms with Crippen molar-refractivity contribution in [1.29, 1.82) is 0 Å². The topological polar surface area (TPSA) is 81.5 Å². The van der Waals surface area contributed by atoms with Crippen LogP contribution in [0.25, 0.3) is 0 Å². The molecule has 2 rings (SSSR count). The molecule has 0 atom stereocenters. The van der Waals surface area contributed by atoms with E-state index in [4.69, 9.17) is 4.74 Å². The second kappa shape index (κ2) is 6.36. The van der Waals surface area contributed by atoms with Crippen LogP contribution >= 0.6 is 0 Å². The fourth-order valence-electron chi connectivity index (χ4n) is 2.53. The van der Waals surface area contributed by atoms with Gasteiger partial charge in [0, 0.05) is 19.0 Å². The monoisotopic (exact) mass is 278 g/mol. The summed E-state index contributed by atoms with van der Waals surface area (Å²) in [5.74, 6) is -0.250. The van der Waals surface area contributed by atoms with Gasteiger partial charge in [0.05, 0.1) is 4.92 Å². The number of anilines is 1. The Morgan fingerprint density at radius 3 is 2.55 bits per heavy atom. The van der Waals surface area contributed by atoms with Crippen molar-refractivity contribution in [3.05, 3.63) is 34.4 Å². The molecule has 20 heavy (non-hydrogen) atoms. The predicted molar refractivity (Wildman–Crippen MR) is 74.5 cm³/mol. The van der Waals surface area contributed by atoms with E-state index in [1.807, 2.05) is 0 Å². The molecule has 6 heteroatoms. The normalized spacial score (nSPS) is 22.1. The van der Waals surface area contributed by atoms with E-state index >= 15 is 0 Å². The second-order valence-electron chi connectivity index (χ2n) is 5.00. The van der Waals surface area contributed by atoms with Gasteiger partial charge in [-0.25, -0.2) is 0 Å². The number of para-hydroxylation sites is 2. The van der Waals surface area contributed by atoms with Gasteiger partial charge in [-0.2, -0.15) is 0 Å². The van der Waals surface area contributed by atoms with E-state index in [0.717, 1.165) is 25.7 Å². The molecule has 1 N–H and O–H groups in total. The molecule has 0 saturated heterocycles. The van der Waals surface area contributed by atoms with Crippen LogP contribution in [0.4, 0.5) is 11.4 Å². The molecule has 0 aromatic heterocycles. The lowest BCUT2D eigenvalue weighted by molar-refractivity contribution is -0.384. The number of hydrogen-bond acceptors (Lipinski definition) is 5. The number of carbonyl (C=O) groups is 1. The van der Waals surface area contributed by atoms with Crippen molar-refractivity contribution >= 4 is 17.3 Å². The van der Waals surface area contributed by atoms with Crippen LogP contribution in [0.15, 0.2) is 24.3 Å². The average molecular weight is 278 g/mol. The summed E-state index contributed by atoms with van der Waals surface area (Å²) in [6, 6.07) is 6.83. The Morgan fingerprint density at radius 2 is 1.95 bits per heavy atom. The van der Waals surface area contributed by atoms with Crippen molar-refractivity contribution in [2.24, 2.45) is 0 Å². The minimum absolute atomic E-state index is 0.0173. The molecule has 1 saturated carbocycles.